The fourth-order valence-electron chi connectivity index (χ4n) is 1.24. The molecule has 0 aliphatic heterocycles. The van der Waals surface area contributed by atoms with Gasteiger partial charge in [0.1, 0.15) is 5.82 Å². The van der Waals surface area contributed by atoms with Crippen LogP contribution in [0.4, 0.5) is 11.8 Å². The maximum atomic E-state index is 11.6. The highest BCUT2D eigenvalue weighted by Gasteiger charge is 2.14. The second-order valence-corrected chi connectivity index (χ2v) is 5.65. The lowest BCUT2D eigenvalue weighted by atomic mass is 10.1. The van der Waals surface area contributed by atoms with Crippen molar-refractivity contribution in [1.29, 1.82) is 0 Å². The molecular formula is C11H18BrN5O. The molecule has 0 aliphatic carbocycles. The van der Waals surface area contributed by atoms with Gasteiger partial charge >= 0.3 is 0 Å². The highest BCUT2D eigenvalue weighted by atomic mass is 79.9. The summed E-state index contributed by atoms with van der Waals surface area (Å²) in [6.45, 7) is 5.97. The van der Waals surface area contributed by atoms with Crippen LogP contribution in [0.2, 0.25) is 0 Å². The Labute approximate surface area is 115 Å². The Hall–Kier alpha value is -1.37. The smallest absolute Gasteiger partial charge is 0.239 e. The number of halogens is 1. The summed E-state index contributed by atoms with van der Waals surface area (Å²) in [5, 5.41) is 8.66. The first-order valence-electron chi connectivity index (χ1n) is 5.57. The van der Waals surface area contributed by atoms with E-state index in [9.17, 15) is 4.79 Å². The molecular weight excluding hydrogens is 298 g/mol. The van der Waals surface area contributed by atoms with E-state index < -0.39 is 0 Å². The highest BCUT2D eigenvalue weighted by Crippen LogP contribution is 2.19. The van der Waals surface area contributed by atoms with Crippen LogP contribution in [0.5, 0.6) is 0 Å². The molecule has 0 bridgehead atoms. The van der Waals surface area contributed by atoms with Crippen LogP contribution >= 0.6 is 15.9 Å². The minimum absolute atomic E-state index is 0.0842. The largest absolute Gasteiger partial charge is 0.360 e. The minimum atomic E-state index is -0.238. The number of amides is 1. The fraction of sp³-hybridized carbons (Fsp3) is 0.545. The molecule has 1 heterocycles. The molecule has 0 radical (unpaired) electrons. The van der Waals surface area contributed by atoms with E-state index in [0.29, 0.717) is 16.2 Å². The molecule has 0 atom stereocenters. The van der Waals surface area contributed by atoms with E-state index in [1.807, 2.05) is 20.8 Å². The number of nitrogens with one attached hydrogen (secondary N) is 3. The molecule has 0 saturated heterocycles. The molecule has 0 spiro atoms. The molecule has 1 aromatic heterocycles. The lowest BCUT2D eigenvalue weighted by Crippen LogP contribution is -2.43. The summed E-state index contributed by atoms with van der Waals surface area (Å²) in [4.78, 5) is 19.9. The summed E-state index contributed by atoms with van der Waals surface area (Å²) >= 11 is 3.32. The average Bonchev–Trinajstić information content (AvgIpc) is 2.25. The number of carbonyl (C=O) groups excluding carboxylic acids is 1. The van der Waals surface area contributed by atoms with Crippen molar-refractivity contribution in [3.8, 4) is 0 Å². The van der Waals surface area contributed by atoms with Gasteiger partial charge in [0.15, 0.2) is 0 Å². The molecule has 0 unspecified atom stereocenters. The maximum Gasteiger partial charge on any atom is 0.239 e. The van der Waals surface area contributed by atoms with Crippen LogP contribution in [0.3, 0.4) is 0 Å². The van der Waals surface area contributed by atoms with Crippen molar-refractivity contribution in [2.45, 2.75) is 26.3 Å². The van der Waals surface area contributed by atoms with E-state index in [2.05, 4.69) is 41.8 Å². The molecule has 1 amide bonds. The van der Waals surface area contributed by atoms with Crippen LogP contribution in [-0.2, 0) is 4.79 Å². The van der Waals surface area contributed by atoms with Gasteiger partial charge in [-0.1, -0.05) is 0 Å². The molecule has 3 N–H and O–H groups in total. The Bertz CT molecular complexity index is 430. The van der Waals surface area contributed by atoms with Crippen molar-refractivity contribution in [2.24, 2.45) is 0 Å². The molecule has 0 aromatic carbocycles. The first kappa shape index (κ1) is 14.7. The first-order valence-corrected chi connectivity index (χ1v) is 6.36. The summed E-state index contributed by atoms with van der Waals surface area (Å²) in [7, 11) is 1.74. The van der Waals surface area contributed by atoms with Crippen LogP contribution in [-0.4, -0.2) is 35.0 Å². The standard InChI is InChI=1S/C11H18BrN5O/c1-11(2,3)17-8(18)6-14-9-7(12)5-15-10(13-4)16-9/h5H,6H2,1-4H3,(H,17,18)(H2,13,14,15,16). The number of rotatable bonds is 4. The third-order valence-electron chi connectivity index (χ3n) is 1.90. The second-order valence-electron chi connectivity index (χ2n) is 4.79. The summed E-state index contributed by atoms with van der Waals surface area (Å²) in [5.74, 6) is 0.995. The molecule has 1 aromatic rings. The van der Waals surface area contributed by atoms with Crippen molar-refractivity contribution >= 4 is 33.6 Å². The van der Waals surface area contributed by atoms with Gasteiger partial charge in [-0.05, 0) is 36.7 Å². The molecule has 0 fully saturated rings. The predicted octanol–water partition coefficient (Wildman–Crippen LogP) is 1.61. The van der Waals surface area contributed by atoms with Crippen LogP contribution in [0, 0.1) is 0 Å². The van der Waals surface area contributed by atoms with Crippen molar-refractivity contribution in [3.63, 3.8) is 0 Å². The average molecular weight is 316 g/mol. The third-order valence-corrected chi connectivity index (χ3v) is 2.48. The Morgan fingerprint density at radius 2 is 2.11 bits per heavy atom. The van der Waals surface area contributed by atoms with Crippen LogP contribution in [0.15, 0.2) is 10.7 Å². The van der Waals surface area contributed by atoms with Gasteiger partial charge in [-0.15, -0.1) is 0 Å². The molecule has 100 valence electrons. The molecule has 7 heteroatoms. The van der Waals surface area contributed by atoms with Gasteiger partial charge in [-0.2, -0.15) is 4.98 Å². The summed E-state index contributed by atoms with van der Waals surface area (Å²) in [5.41, 5.74) is -0.238. The number of anilines is 2. The summed E-state index contributed by atoms with van der Waals surface area (Å²) in [6.07, 6.45) is 1.63. The Morgan fingerprint density at radius 1 is 1.44 bits per heavy atom. The van der Waals surface area contributed by atoms with E-state index in [1.165, 1.54) is 0 Å². The van der Waals surface area contributed by atoms with E-state index in [1.54, 1.807) is 13.2 Å². The minimum Gasteiger partial charge on any atom is -0.360 e. The lowest BCUT2D eigenvalue weighted by Gasteiger charge is -2.20. The number of carbonyl (C=O) groups is 1. The Kier molecular flexibility index (Phi) is 4.89. The molecule has 0 saturated carbocycles. The Morgan fingerprint density at radius 3 is 2.67 bits per heavy atom. The monoisotopic (exact) mass is 315 g/mol. The highest BCUT2D eigenvalue weighted by molar-refractivity contribution is 9.10. The predicted molar refractivity (Wildman–Crippen MR) is 75.7 cm³/mol. The number of hydrogen-bond donors (Lipinski definition) is 3. The topological polar surface area (TPSA) is 78.9 Å². The zero-order valence-electron chi connectivity index (χ0n) is 11.0. The normalized spacial score (nSPS) is 10.9. The summed E-state index contributed by atoms with van der Waals surface area (Å²) in [6, 6.07) is 0. The SMILES string of the molecule is CNc1ncc(Br)c(NCC(=O)NC(C)(C)C)n1. The van der Waals surface area contributed by atoms with Crippen LogP contribution in [0.25, 0.3) is 0 Å². The molecule has 6 nitrogen and oxygen atoms in total. The number of hydrogen-bond acceptors (Lipinski definition) is 5. The summed E-state index contributed by atoms with van der Waals surface area (Å²) < 4.78 is 0.713. The van der Waals surface area contributed by atoms with Crippen molar-refractivity contribution in [2.75, 3.05) is 24.2 Å². The molecule has 0 aliphatic rings. The van der Waals surface area contributed by atoms with Crippen molar-refractivity contribution < 1.29 is 4.79 Å². The van der Waals surface area contributed by atoms with E-state index in [0.717, 1.165) is 0 Å². The maximum absolute atomic E-state index is 11.6. The second kappa shape index (κ2) is 5.99. The van der Waals surface area contributed by atoms with Gasteiger partial charge in [0.05, 0.1) is 11.0 Å². The van der Waals surface area contributed by atoms with Crippen molar-refractivity contribution in [1.82, 2.24) is 15.3 Å². The van der Waals surface area contributed by atoms with E-state index >= 15 is 0 Å². The lowest BCUT2D eigenvalue weighted by molar-refractivity contribution is -0.120. The van der Waals surface area contributed by atoms with E-state index in [-0.39, 0.29) is 18.0 Å². The van der Waals surface area contributed by atoms with Gasteiger partial charge < -0.3 is 16.0 Å². The van der Waals surface area contributed by atoms with Gasteiger partial charge in [0.2, 0.25) is 11.9 Å². The third kappa shape index (κ3) is 4.87. The molecule has 18 heavy (non-hydrogen) atoms. The quantitative estimate of drug-likeness (QED) is 0.786. The van der Waals surface area contributed by atoms with Crippen LogP contribution in [0.1, 0.15) is 20.8 Å². The van der Waals surface area contributed by atoms with Crippen LogP contribution < -0.4 is 16.0 Å². The first-order chi connectivity index (χ1) is 8.31. The van der Waals surface area contributed by atoms with Gasteiger partial charge in [-0.3, -0.25) is 4.79 Å². The van der Waals surface area contributed by atoms with E-state index in [4.69, 9.17) is 0 Å². The Balaban J connectivity index is 2.60. The van der Waals surface area contributed by atoms with Crippen molar-refractivity contribution in [3.05, 3.63) is 10.7 Å². The molecule has 1 rings (SSSR count). The van der Waals surface area contributed by atoms with Gasteiger partial charge in [-0.25, -0.2) is 4.98 Å². The van der Waals surface area contributed by atoms with Gasteiger partial charge in [0, 0.05) is 18.8 Å². The zero-order chi connectivity index (χ0) is 13.8. The van der Waals surface area contributed by atoms with Gasteiger partial charge in [0.25, 0.3) is 0 Å². The zero-order valence-corrected chi connectivity index (χ0v) is 12.6. The number of aromatic nitrogens is 2. The number of nitrogens with zero attached hydrogens (tertiary/aromatic N) is 2. The fourth-order valence-corrected chi connectivity index (χ4v) is 1.57.